The van der Waals surface area contributed by atoms with E-state index in [4.69, 9.17) is 11.6 Å². The van der Waals surface area contributed by atoms with Gasteiger partial charge in [-0.3, -0.25) is 14.6 Å². The minimum atomic E-state index is 0.110. The second-order valence-electron chi connectivity index (χ2n) is 9.63. The summed E-state index contributed by atoms with van der Waals surface area (Å²) in [6.45, 7) is 9.14. The molecule has 1 N–H and O–H groups in total. The maximum atomic E-state index is 12.7. The zero-order valence-electron chi connectivity index (χ0n) is 19.2. The fraction of sp³-hybridized carbons (Fsp3) is 0.519. The smallest absolute Gasteiger partial charge is 0.223 e. The van der Waals surface area contributed by atoms with Crippen LogP contribution >= 0.6 is 11.6 Å². The molecule has 0 radical (unpaired) electrons. The summed E-state index contributed by atoms with van der Waals surface area (Å²) in [4.78, 5) is 17.6. The number of likely N-dealkylation sites (tertiary alicyclic amines) is 2. The molecule has 32 heavy (non-hydrogen) atoms. The Bertz CT molecular complexity index is 869. The monoisotopic (exact) mass is 453 g/mol. The Morgan fingerprint density at radius 3 is 2.16 bits per heavy atom. The van der Waals surface area contributed by atoms with Gasteiger partial charge >= 0.3 is 0 Å². The van der Waals surface area contributed by atoms with Crippen molar-refractivity contribution in [1.82, 2.24) is 15.1 Å². The molecule has 172 valence electrons. The minimum absolute atomic E-state index is 0.110. The van der Waals surface area contributed by atoms with Crippen LogP contribution in [-0.4, -0.2) is 41.9 Å². The quantitative estimate of drug-likeness (QED) is 0.633. The first-order chi connectivity index (χ1) is 15.6. The van der Waals surface area contributed by atoms with Gasteiger partial charge in [0.05, 0.1) is 0 Å². The molecule has 0 spiro atoms. The molecule has 0 unspecified atom stereocenters. The maximum Gasteiger partial charge on any atom is 0.223 e. The van der Waals surface area contributed by atoms with Gasteiger partial charge in [0.15, 0.2) is 0 Å². The molecule has 4 nitrogen and oxygen atoms in total. The standard InChI is InChI=1S/C27H36ClN3O/c1-21-10-14-30(15-11-21)19-23-8-6-22(7-9-23)18-29-27(32)24-12-16-31(17-13-24)20-25-4-2-3-5-26(25)28/h2-9,21,24H,10-20H2,1H3,(H,29,32). The van der Waals surface area contributed by atoms with Crippen LogP contribution in [0.25, 0.3) is 0 Å². The van der Waals surface area contributed by atoms with Crippen molar-refractivity contribution in [3.05, 3.63) is 70.2 Å². The Hall–Kier alpha value is -1.88. The van der Waals surface area contributed by atoms with Gasteiger partial charge in [-0.2, -0.15) is 0 Å². The van der Waals surface area contributed by atoms with Crippen LogP contribution in [0.1, 0.15) is 49.3 Å². The number of hydrogen-bond donors (Lipinski definition) is 1. The van der Waals surface area contributed by atoms with Crippen molar-refractivity contribution < 1.29 is 4.79 Å². The Morgan fingerprint density at radius 2 is 1.47 bits per heavy atom. The van der Waals surface area contributed by atoms with Crippen LogP contribution in [-0.2, 0) is 24.4 Å². The molecule has 2 aromatic rings. The number of hydrogen-bond acceptors (Lipinski definition) is 3. The van der Waals surface area contributed by atoms with Crippen molar-refractivity contribution in [2.45, 2.75) is 52.2 Å². The highest BCUT2D eigenvalue weighted by molar-refractivity contribution is 6.31. The summed E-state index contributed by atoms with van der Waals surface area (Å²) in [6, 6.07) is 16.8. The first-order valence-corrected chi connectivity index (χ1v) is 12.5. The van der Waals surface area contributed by atoms with Crippen LogP contribution < -0.4 is 5.32 Å². The lowest BCUT2D eigenvalue weighted by molar-refractivity contribution is -0.126. The summed E-state index contributed by atoms with van der Waals surface area (Å²) in [5.74, 6) is 1.17. The van der Waals surface area contributed by atoms with Gasteiger partial charge in [0.2, 0.25) is 5.91 Å². The first-order valence-electron chi connectivity index (χ1n) is 12.1. The highest BCUT2D eigenvalue weighted by Crippen LogP contribution is 2.23. The van der Waals surface area contributed by atoms with Crippen molar-refractivity contribution in [3.8, 4) is 0 Å². The topological polar surface area (TPSA) is 35.6 Å². The van der Waals surface area contributed by atoms with Gasteiger partial charge in [0.25, 0.3) is 0 Å². The summed E-state index contributed by atoms with van der Waals surface area (Å²) < 4.78 is 0. The fourth-order valence-electron chi connectivity index (χ4n) is 4.80. The summed E-state index contributed by atoms with van der Waals surface area (Å²) >= 11 is 6.29. The zero-order chi connectivity index (χ0) is 22.3. The summed E-state index contributed by atoms with van der Waals surface area (Å²) in [5, 5.41) is 3.98. The van der Waals surface area contributed by atoms with Crippen LogP contribution in [0.15, 0.2) is 48.5 Å². The Labute approximate surface area is 197 Å². The van der Waals surface area contributed by atoms with Gasteiger partial charge < -0.3 is 5.32 Å². The van der Waals surface area contributed by atoms with E-state index in [1.54, 1.807) is 0 Å². The number of carbonyl (C=O) groups excluding carboxylic acids is 1. The van der Waals surface area contributed by atoms with Gasteiger partial charge in [-0.25, -0.2) is 0 Å². The molecule has 2 aliphatic rings. The number of halogens is 1. The Balaban J connectivity index is 1.18. The molecular weight excluding hydrogens is 418 g/mol. The molecule has 1 amide bonds. The molecule has 2 heterocycles. The number of benzene rings is 2. The molecule has 0 saturated carbocycles. The van der Waals surface area contributed by atoms with Crippen LogP contribution in [0.5, 0.6) is 0 Å². The normalized spacial score (nSPS) is 19.2. The van der Waals surface area contributed by atoms with Crippen molar-refractivity contribution in [2.24, 2.45) is 11.8 Å². The number of piperidine rings is 2. The van der Waals surface area contributed by atoms with Gasteiger partial charge in [0.1, 0.15) is 0 Å². The number of rotatable bonds is 7. The summed E-state index contributed by atoms with van der Waals surface area (Å²) in [6.07, 6.45) is 4.43. The lowest BCUT2D eigenvalue weighted by atomic mass is 9.95. The van der Waals surface area contributed by atoms with Crippen molar-refractivity contribution in [2.75, 3.05) is 26.2 Å². The molecule has 2 saturated heterocycles. The van der Waals surface area contributed by atoms with Gasteiger partial charge in [-0.1, -0.05) is 61.0 Å². The van der Waals surface area contributed by atoms with E-state index in [2.05, 4.69) is 52.4 Å². The third-order valence-corrected chi connectivity index (χ3v) is 7.45. The fourth-order valence-corrected chi connectivity index (χ4v) is 4.99. The van der Waals surface area contributed by atoms with E-state index in [9.17, 15) is 4.79 Å². The molecular formula is C27H36ClN3O. The van der Waals surface area contributed by atoms with E-state index in [1.165, 1.54) is 37.1 Å². The number of carbonyl (C=O) groups is 1. The number of nitrogens with one attached hydrogen (secondary N) is 1. The van der Waals surface area contributed by atoms with Gasteiger partial charge in [0, 0.05) is 30.6 Å². The second kappa shape index (κ2) is 11.3. The zero-order valence-corrected chi connectivity index (χ0v) is 20.0. The molecule has 2 fully saturated rings. The van der Waals surface area contributed by atoms with E-state index < -0.39 is 0 Å². The van der Waals surface area contributed by atoms with Gasteiger partial charge in [-0.15, -0.1) is 0 Å². The highest BCUT2D eigenvalue weighted by atomic mass is 35.5. The third-order valence-electron chi connectivity index (χ3n) is 7.08. The molecule has 2 aliphatic heterocycles. The SMILES string of the molecule is CC1CCN(Cc2ccc(CNC(=O)C3CCN(Cc4ccccc4Cl)CC3)cc2)CC1. The number of nitrogens with zero attached hydrogens (tertiary/aromatic N) is 2. The largest absolute Gasteiger partial charge is 0.352 e. The second-order valence-corrected chi connectivity index (χ2v) is 10.0. The van der Waals surface area contributed by atoms with E-state index >= 15 is 0 Å². The molecule has 0 bridgehead atoms. The Morgan fingerprint density at radius 1 is 0.875 bits per heavy atom. The van der Waals surface area contributed by atoms with Crippen molar-refractivity contribution in [3.63, 3.8) is 0 Å². The highest BCUT2D eigenvalue weighted by Gasteiger charge is 2.25. The van der Waals surface area contributed by atoms with Crippen molar-refractivity contribution >= 4 is 17.5 Å². The van der Waals surface area contributed by atoms with E-state index in [1.807, 2.05) is 18.2 Å². The van der Waals surface area contributed by atoms with Gasteiger partial charge in [-0.05, 0) is 80.5 Å². The average molecular weight is 454 g/mol. The predicted octanol–water partition coefficient (Wildman–Crippen LogP) is 5.10. The number of amides is 1. The van der Waals surface area contributed by atoms with Crippen LogP contribution in [0.2, 0.25) is 5.02 Å². The molecule has 0 aromatic heterocycles. The third kappa shape index (κ3) is 6.57. The molecule has 4 rings (SSSR count). The predicted molar refractivity (Wildman–Crippen MR) is 131 cm³/mol. The lowest BCUT2D eigenvalue weighted by Crippen LogP contribution is -2.40. The minimum Gasteiger partial charge on any atom is -0.352 e. The van der Waals surface area contributed by atoms with Crippen LogP contribution in [0.3, 0.4) is 0 Å². The summed E-state index contributed by atoms with van der Waals surface area (Å²) in [5.41, 5.74) is 3.70. The Kier molecular flexibility index (Phi) is 8.23. The van der Waals surface area contributed by atoms with E-state index in [-0.39, 0.29) is 11.8 Å². The lowest BCUT2D eigenvalue weighted by Gasteiger charge is -2.31. The molecule has 0 atom stereocenters. The van der Waals surface area contributed by atoms with E-state index in [0.29, 0.717) is 6.54 Å². The van der Waals surface area contributed by atoms with E-state index in [0.717, 1.165) is 55.5 Å². The summed E-state index contributed by atoms with van der Waals surface area (Å²) in [7, 11) is 0. The molecule has 2 aromatic carbocycles. The maximum absolute atomic E-state index is 12.7. The first kappa shape index (κ1) is 23.3. The molecule has 5 heteroatoms. The van der Waals surface area contributed by atoms with Crippen molar-refractivity contribution in [1.29, 1.82) is 0 Å². The van der Waals surface area contributed by atoms with Crippen LogP contribution in [0, 0.1) is 11.8 Å². The molecule has 0 aliphatic carbocycles. The average Bonchev–Trinajstić information content (AvgIpc) is 2.82. The van der Waals surface area contributed by atoms with Crippen LogP contribution in [0.4, 0.5) is 0 Å².